The number of piperidine rings is 1. The Labute approximate surface area is 114 Å². The summed E-state index contributed by atoms with van der Waals surface area (Å²) < 4.78 is 5.41. The quantitative estimate of drug-likeness (QED) is 0.886. The summed E-state index contributed by atoms with van der Waals surface area (Å²) in [5.41, 5.74) is 1.20. The molecule has 1 fully saturated rings. The SMILES string of the molecule is CCOc1ccc(CN2CCC[C@@H](C(=O)O)C2)cc1. The maximum atomic E-state index is 11.0. The van der Waals surface area contributed by atoms with Crippen molar-refractivity contribution < 1.29 is 14.6 Å². The van der Waals surface area contributed by atoms with Crippen molar-refractivity contribution in [3.8, 4) is 5.75 Å². The second kappa shape index (κ2) is 6.57. The topological polar surface area (TPSA) is 49.8 Å². The summed E-state index contributed by atoms with van der Waals surface area (Å²) in [6.45, 7) is 5.09. The molecular weight excluding hydrogens is 242 g/mol. The molecule has 1 aromatic carbocycles. The van der Waals surface area contributed by atoms with Crippen molar-refractivity contribution in [1.82, 2.24) is 4.90 Å². The van der Waals surface area contributed by atoms with Gasteiger partial charge in [0.15, 0.2) is 0 Å². The van der Waals surface area contributed by atoms with Gasteiger partial charge in [-0.3, -0.25) is 9.69 Å². The molecule has 0 aliphatic carbocycles. The van der Waals surface area contributed by atoms with Crippen LogP contribution in [0.1, 0.15) is 25.3 Å². The fourth-order valence-electron chi connectivity index (χ4n) is 2.52. The number of likely N-dealkylation sites (tertiary alicyclic amines) is 1. The standard InChI is InChI=1S/C15H21NO3/c1-2-19-14-7-5-12(6-8-14)10-16-9-3-4-13(11-16)15(17)18/h5-8,13H,2-4,9-11H2,1H3,(H,17,18)/t13-/m1/s1. The van der Waals surface area contributed by atoms with Crippen LogP contribution in [-0.2, 0) is 11.3 Å². The Balaban J connectivity index is 1.91. The summed E-state index contributed by atoms with van der Waals surface area (Å²) in [7, 11) is 0. The van der Waals surface area contributed by atoms with Crippen LogP contribution in [0.5, 0.6) is 5.75 Å². The molecule has 2 rings (SSSR count). The fraction of sp³-hybridized carbons (Fsp3) is 0.533. The Kier molecular flexibility index (Phi) is 4.80. The van der Waals surface area contributed by atoms with E-state index in [1.807, 2.05) is 19.1 Å². The summed E-state index contributed by atoms with van der Waals surface area (Å²) in [6.07, 6.45) is 1.77. The Bertz CT molecular complexity index is 416. The van der Waals surface area contributed by atoms with Gasteiger partial charge >= 0.3 is 5.97 Å². The summed E-state index contributed by atoms with van der Waals surface area (Å²) >= 11 is 0. The van der Waals surface area contributed by atoms with Crippen molar-refractivity contribution >= 4 is 5.97 Å². The van der Waals surface area contributed by atoms with Crippen molar-refractivity contribution in [3.63, 3.8) is 0 Å². The van der Waals surface area contributed by atoms with E-state index in [2.05, 4.69) is 17.0 Å². The van der Waals surface area contributed by atoms with Crippen LogP contribution < -0.4 is 4.74 Å². The van der Waals surface area contributed by atoms with Gasteiger partial charge in [-0.1, -0.05) is 12.1 Å². The highest BCUT2D eigenvalue weighted by Crippen LogP contribution is 2.20. The van der Waals surface area contributed by atoms with Crippen LogP contribution >= 0.6 is 0 Å². The summed E-state index contributed by atoms with van der Waals surface area (Å²) in [4.78, 5) is 13.2. The lowest BCUT2D eigenvalue weighted by Crippen LogP contribution is -2.38. The number of ether oxygens (including phenoxy) is 1. The molecule has 1 saturated heterocycles. The maximum absolute atomic E-state index is 11.0. The highest BCUT2D eigenvalue weighted by atomic mass is 16.5. The first-order valence-electron chi connectivity index (χ1n) is 6.86. The van der Waals surface area contributed by atoms with E-state index in [1.165, 1.54) is 5.56 Å². The molecule has 1 aromatic rings. The molecule has 1 heterocycles. The molecule has 0 bridgehead atoms. The molecular formula is C15H21NO3. The van der Waals surface area contributed by atoms with Gasteiger partial charge < -0.3 is 9.84 Å². The van der Waals surface area contributed by atoms with Crippen LogP contribution in [0.15, 0.2) is 24.3 Å². The lowest BCUT2D eigenvalue weighted by atomic mass is 9.98. The zero-order chi connectivity index (χ0) is 13.7. The average molecular weight is 263 g/mol. The lowest BCUT2D eigenvalue weighted by molar-refractivity contribution is -0.143. The first-order chi connectivity index (χ1) is 9.19. The van der Waals surface area contributed by atoms with Crippen LogP contribution in [0.2, 0.25) is 0 Å². The van der Waals surface area contributed by atoms with Crippen LogP contribution in [0.4, 0.5) is 0 Å². The number of hydrogen-bond donors (Lipinski definition) is 1. The highest BCUT2D eigenvalue weighted by Gasteiger charge is 2.25. The van der Waals surface area contributed by atoms with E-state index in [0.717, 1.165) is 31.7 Å². The third kappa shape index (κ3) is 3.96. The number of carboxylic acids is 1. The molecule has 1 aliphatic heterocycles. The zero-order valence-electron chi connectivity index (χ0n) is 11.3. The van der Waals surface area contributed by atoms with E-state index in [1.54, 1.807) is 0 Å². The maximum Gasteiger partial charge on any atom is 0.307 e. The minimum Gasteiger partial charge on any atom is -0.494 e. The number of benzene rings is 1. The van der Waals surface area contributed by atoms with Crippen molar-refractivity contribution in [2.24, 2.45) is 5.92 Å². The van der Waals surface area contributed by atoms with Gasteiger partial charge in [0.25, 0.3) is 0 Å². The summed E-state index contributed by atoms with van der Waals surface area (Å²) in [6, 6.07) is 8.04. The van der Waals surface area contributed by atoms with Crippen LogP contribution in [0, 0.1) is 5.92 Å². The number of carboxylic acid groups (broad SMARTS) is 1. The molecule has 4 heteroatoms. The van der Waals surface area contributed by atoms with Crippen LogP contribution in [0.25, 0.3) is 0 Å². The van der Waals surface area contributed by atoms with Crippen molar-refractivity contribution in [1.29, 1.82) is 0 Å². The number of rotatable bonds is 5. The first kappa shape index (κ1) is 13.9. The predicted octanol–water partition coefficient (Wildman–Crippen LogP) is 2.38. The van der Waals surface area contributed by atoms with Gasteiger partial charge in [0.05, 0.1) is 12.5 Å². The van der Waals surface area contributed by atoms with Crippen molar-refractivity contribution in [2.75, 3.05) is 19.7 Å². The smallest absolute Gasteiger partial charge is 0.307 e. The number of carbonyl (C=O) groups is 1. The summed E-state index contributed by atoms with van der Waals surface area (Å²) in [5, 5.41) is 9.07. The number of nitrogens with zero attached hydrogens (tertiary/aromatic N) is 1. The molecule has 0 saturated carbocycles. The number of aliphatic carboxylic acids is 1. The molecule has 1 N–H and O–H groups in total. The van der Waals surface area contributed by atoms with Gasteiger partial charge in [0.2, 0.25) is 0 Å². The van der Waals surface area contributed by atoms with Gasteiger partial charge in [0, 0.05) is 13.1 Å². The fourth-order valence-corrected chi connectivity index (χ4v) is 2.52. The van der Waals surface area contributed by atoms with Crippen LogP contribution in [-0.4, -0.2) is 35.7 Å². The van der Waals surface area contributed by atoms with Gasteiger partial charge in [-0.05, 0) is 44.0 Å². The van der Waals surface area contributed by atoms with E-state index >= 15 is 0 Å². The first-order valence-corrected chi connectivity index (χ1v) is 6.86. The Morgan fingerprint density at radius 2 is 2.16 bits per heavy atom. The minimum absolute atomic E-state index is 0.212. The molecule has 104 valence electrons. The van der Waals surface area contributed by atoms with Gasteiger partial charge in [-0.25, -0.2) is 0 Å². The van der Waals surface area contributed by atoms with E-state index in [4.69, 9.17) is 9.84 Å². The molecule has 19 heavy (non-hydrogen) atoms. The lowest BCUT2D eigenvalue weighted by Gasteiger charge is -2.30. The summed E-state index contributed by atoms with van der Waals surface area (Å²) in [5.74, 6) is 0.00106. The molecule has 4 nitrogen and oxygen atoms in total. The van der Waals surface area contributed by atoms with E-state index in [9.17, 15) is 4.79 Å². The Morgan fingerprint density at radius 1 is 1.42 bits per heavy atom. The zero-order valence-corrected chi connectivity index (χ0v) is 11.3. The Hall–Kier alpha value is -1.55. The molecule has 0 unspecified atom stereocenters. The van der Waals surface area contributed by atoms with E-state index < -0.39 is 5.97 Å². The highest BCUT2D eigenvalue weighted by molar-refractivity contribution is 5.70. The predicted molar refractivity (Wildman–Crippen MR) is 73.2 cm³/mol. The second-order valence-electron chi connectivity index (χ2n) is 4.99. The molecule has 0 aromatic heterocycles. The molecule has 0 spiro atoms. The van der Waals surface area contributed by atoms with Gasteiger partial charge in [0.1, 0.15) is 5.75 Å². The van der Waals surface area contributed by atoms with Gasteiger partial charge in [-0.2, -0.15) is 0 Å². The monoisotopic (exact) mass is 263 g/mol. The molecule has 1 atom stereocenters. The second-order valence-corrected chi connectivity index (χ2v) is 4.99. The van der Waals surface area contributed by atoms with E-state index in [-0.39, 0.29) is 5.92 Å². The largest absolute Gasteiger partial charge is 0.494 e. The normalized spacial score (nSPS) is 20.2. The van der Waals surface area contributed by atoms with Crippen molar-refractivity contribution in [2.45, 2.75) is 26.3 Å². The minimum atomic E-state index is -0.670. The third-order valence-corrected chi connectivity index (χ3v) is 3.50. The average Bonchev–Trinajstić information content (AvgIpc) is 2.42. The van der Waals surface area contributed by atoms with E-state index in [0.29, 0.717) is 13.2 Å². The Morgan fingerprint density at radius 3 is 2.79 bits per heavy atom. The molecule has 1 aliphatic rings. The molecule has 0 amide bonds. The molecule has 0 radical (unpaired) electrons. The van der Waals surface area contributed by atoms with Crippen LogP contribution in [0.3, 0.4) is 0 Å². The number of hydrogen-bond acceptors (Lipinski definition) is 3. The third-order valence-electron chi connectivity index (χ3n) is 3.50. The van der Waals surface area contributed by atoms with Gasteiger partial charge in [-0.15, -0.1) is 0 Å². The van der Waals surface area contributed by atoms with Crippen molar-refractivity contribution in [3.05, 3.63) is 29.8 Å².